The van der Waals surface area contributed by atoms with Crippen molar-refractivity contribution in [2.75, 3.05) is 46.2 Å². The molecule has 1 saturated heterocycles. The van der Waals surface area contributed by atoms with Gasteiger partial charge in [-0.2, -0.15) is 0 Å². The van der Waals surface area contributed by atoms with E-state index in [0.29, 0.717) is 0 Å². The maximum atomic E-state index is 13.5. The number of ether oxygens (including phenoxy) is 1. The topological polar surface area (TPSA) is 57.7 Å². The molecule has 0 spiro atoms. The maximum absolute atomic E-state index is 13.5. The van der Waals surface area contributed by atoms with E-state index in [0.717, 1.165) is 63.8 Å². The van der Waals surface area contributed by atoms with Crippen molar-refractivity contribution >= 4 is 11.6 Å². The third-order valence-electron chi connectivity index (χ3n) is 7.51. The molecule has 6 heteroatoms. The number of carbonyl (C=O) groups excluding carboxylic acids is 1. The van der Waals surface area contributed by atoms with Crippen LogP contribution in [-0.4, -0.2) is 73.7 Å². The Bertz CT molecular complexity index is 909. The lowest BCUT2D eigenvalue weighted by Gasteiger charge is -2.44. The van der Waals surface area contributed by atoms with Crippen LogP contribution in [0.3, 0.4) is 0 Å². The van der Waals surface area contributed by atoms with E-state index in [1.807, 2.05) is 29.4 Å². The second-order valence-electron chi connectivity index (χ2n) is 9.86. The van der Waals surface area contributed by atoms with Gasteiger partial charge in [-0.05, 0) is 82.4 Å². The molecule has 0 bridgehead atoms. The van der Waals surface area contributed by atoms with Crippen molar-refractivity contribution in [1.29, 1.82) is 0 Å². The Morgan fingerprint density at radius 3 is 2.73 bits per heavy atom. The molecule has 0 aliphatic carbocycles. The number of rotatable bonds is 8. The molecule has 178 valence electrons. The summed E-state index contributed by atoms with van der Waals surface area (Å²) in [6.45, 7) is 2.60. The van der Waals surface area contributed by atoms with Crippen molar-refractivity contribution in [1.82, 2.24) is 14.8 Å². The van der Waals surface area contributed by atoms with Gasteiger partial charge in [0, 0.05) is 43.7 Å². The Hall–Kier alpha value is -2.44. The van der Waals surface area contributed by atoms with E-state index in [2.05, 4.69) is 53.6 Å². The molecular formula is C27H38N4O2. The van der Waals surface area contributed by atoms with Crippen LogP contribution >= 0.6 is 0 Å². The van der Waals surface area contributed by atoms with E-state index in [9.17, 15) is 4.79 Å². The fraction of sp³-hybridized carbons (Fsp3) is 0.556. The Labute approximate surface area is 198 Å². The summed E-state index contributed by atoms with van der Waals surface area (Å²) in [4.78, 5) is 22.2. The van der Waals surface area contributed by atoms with Gasteiger partial charge in [0.05, 0.1) is 6.04 Å². The zero-order chi connectivity index (χ0) is 23.3. The van der Waals surface area contributed by atoms with Crippen molar-refractivity contribution < 1.29 is 9.53 Å². The molecule has 1 fully saturated rings. The minimum Gasteiger partial charge on any atom is -0.379 e. The Kier molecular flexibility index (Phi) is 7.66. The third-order valence-corrected chi connectivity index (χ3v) is 7.51. The summed E-state index contributed by atoms with van der Waals surface area (Å²) < 4.78 is 5.78. The normalized spacial score (nSPS) is 20.7. The number of anilines is 1. The second-order valence-corrected chi connectivity index (χ2v) is 9.86. The number of fused-ring (bicyclic) bond motifs is 1. The summed E-state index contributed by atoms with van der Waals surface area (Å²) in [6.07, 6.45) is 9.47. The van der Waals surface area contributed by atoms with E-state index in [-0.39, 0.29) is 17.4 Å². The van der Waals surface area contributed by atoms with Gasteiger partial charge in [-0.25, -0.2) is 0 Å². The van der Waals surface area contributed by atoms with Crippen molar-refractivity contribution in [2.24, 2.45) is 0 Å². The van der Waals surface area contributed by atoms with E-state index in [1.54, 1.807) is 7.11 Å². The van der Waals surface area contributed by atoms with E-state index in [1.165, 1.54) is 11.1 Å². The number of piperidine rings is 1. The minimum absolute atomic E-state index is 0.00231. The highest BCUT2D eigenvalue weighted by Crippen LogP contribution is 2.40. The molecule has 2 atom stereocenters. The van der Waals surface area contributed by atoms with Crippen molar-refractivity contribution in [2.45, 2.75) is 56.1 Å². The van der Waals surface area contributed by atoms with Gasteiger partial charge in [0.25, 0.3) is 5.91 Å². The number of benzene rings is 1. The van der Waals surface area contributed by atoms with E-state index >= 15 is 0 Å². The average molecular weight is 451 g/mol. The number of pyridine rings is 1. The SMILES string of the molecule is COC(C(=O)N1CCC(CCCN(C)C)(c2cccnc2)CC1)C1CCc2ccccc2N1. The fourth-order valence-corrected chi connectivity index (χ4v) is 5.55. The molecule has 2 aromatic rings. The van der Waals surface area contributed by atoms with Crippen LogP contribution in [-0.2, 0) is 21.4 Å². The highest BCUT2D eigenvalue weighted by molar-refractivity contribution is 5.82. The van der Waals surface area contributed by atoms with Crippen LogP contribution in [0.5, 0.6) is 0 Å². The number of aromatic nitrogens is 1. The Morgan fingerprint density at radius 2 is 2.03 bits per heavy atom. The first-order valence-corrected chi connectivity index (χ1v) is 12.2. The number of carbonyl (C=O) groups is 1. The molecule has 0 radical (unpaired) electrons. The van der Waals surface area contributed by atoms with Crippen molar-refractivity contribution in [3.05, 3.63) is 59.9 Å². The molecule has 1 aromatic carbocycles. The number of para-hydroxylation sites is 1. The van der Waals surface area contributed by atoms with Crippen molar-refractivity contribution in [3.8, 4) is 0 Å². The second kappa shape index (κ2) is 10.7. The van der Waals surface area contributed by atoms with Crippen LogP contribution in [0.15, 0.2) is 48.8 Å². The summed E-state index contributed by atoms with van der Waals surface area (Å²) in [5, 5.41) is 3.56. The molecule has 3 heterocycles. The number of amides is 1. The third kappa shape index (κ3) is 5.39. The molecule has 1 amide bonds. The smallest absolute Gasteiger partial charge is 0.253 e. The molecular weight excluding hydrogens is 412 g/mol. The zero-order valence-corrected chi connectivity index (χ0v) is 20.3. The van der Waals surface area contributed by atoms with Crippen LogP contribution < -0.4 is 5.32 Å². The zero-order valence-electron chi connectivity index (χ0n) is 20.3. The number of hydrogen-bond donors (Lipinski definition) is 1. The van der Waals surface area contributed by atoms with Gasteiger partial charge in [0.1, 0.15) is 0 Å². The quantitative estimate of drug-likeness (QED) is 0.664. The summed E-state index contributed by atoms with van der Waals surface area (Å²) in [5.41, 5.74) is 3.84. The summed E-state index contributed by atoms with van der Waals surface area (Å²) in [7, 11) is 5.91. The lowest BCUT2D eigenvalue weighted by atomic mass is 9.70. The predicted octanol–water partition coefficient (Wildman–Crippen LogP) is 3.73. The van der Waals surface area contributed by atoms with Gasteiger partial charge < -0.3 is 19.9 Å². The van der Waals surface area contributed by atoms with Crippen LogP contribution in [0.25, 0.3) is 0 Å². The number of nitrogens with zero attached hydrogens (tertiary/aromatic N) is 3. The fourth-order valence-electron chi connectivity index (χ4n) is 5.55. The number of likely N-dealkylation sites (tertiary alicyclic amines) is 1. The van der Waals surface area contributed by atoms with Gasteiger partial charge >= 0.3 is 0 Å². The largest absolute Gasteiger partial charge is 0.379 e. The highest BCUT2D eigenvalue weighted by Gasteiger charge is 2.40. The molecule has 33 heavy (non-hydrogen) atoms. The maximum Gasteiger partial charge on any atom is 0.253 e. The summed E-state index contributed by atoms with van der Waals surface area (Å²) in [6, 6.07) is 12.6. The predicted molar refractivity (Wildman–Crippen MR) is 132 cm³/mol. The number of aryl methyl sites for hydroxylation is 1. The van der Waals surface area contributed by atoms with Crippen LogP contribution in [0, 0.1) is 0 Å². The van der Waals surface area contributed by atoms with Crippen LogP contribution in [0.2, 0.25) is 0 Å². The summed E-state index contributed by atoms with van der Waals surface area (Å²) in [5.74, 6) is 0.113. The molecule has 2 unspecified atom stereocenters. The first kappa shape index (κ1) is 23.7. The van der Waals surface area contributed by atoms with Gasteiger partial charge in [-0.15, -0.1) is 0 Å². The lowest BCUT2D eigenvalue weighted by Crippen LogP contribution is -2.53. The Morgan fingerprint density at radius 1 is 1.24 bits per heavy atom. The van der Waals surface area contributed by atoms with Gasteiger partial charge in [0.15, 0.2) is 6.10 Å². The monoisotopic (exact) mass is 450 g/mol. The van der Waals surface area contributed by atoms with Gasteiger partial charge in [-0.3, -0.25) is 9.78 Å². The standard InChI is InChI=1S/C27H38N4O2/c1-30(2)17-7-13-27(22-9-6-16-28-20-22)14-18-31(19-15-27)26(32)25(33-3)24-12-11-21-8-4-5-10-23(21)29-24/h4-6,8-10,16,20,24-25,29H,7,11-15,17-19H2,1-3H3. The first-order valence-electron chi connectivity index (χ1n) is 12.2. The molecule has 2 aliphatic heterocycles. The molecule has 1 N–H and O–H groups in total. The Balaban J connectivity index is 1.43. The molecule has 1 aromatic heterocycles. The van der Waals surface area contributed by atoms with Gasteiger partial charge in [0.2, 0.25) is 0 Å². The summed E-state index contributed by atoms with van der Waals surface area (Å²) >= 11 is 0. The lowest BCUT2D eigenvalue weighted by molar-refractivity contribution is -0.144. The number of methoxy groups -OCH3 is 1. The first-order chi connectivity index (χ1) is 16.0. The van der Waals surface area contributed by atoms with Crippen LogP contribution in [0.4, 0.5) is 5.69 Å². The molecule has 0 saturated carbocycles. The minimum atomic E-state index is -0.460. The number of hydrogen-bond acceptors (Lipinski definition) is 5. The van der Waals surface area contributed by atoms with Gasteiger partial charge in [-0.1, -0.05) is 24.3 Å². The van der Waals surface area contributed by atoms with Crippen LogP contribution in [0.1, 0.15) is 43.2 Å². The van der Waals surface area contributed by atoms with Crippen molar-refractivity contribution in [3.63, 3.8) is 0 Å². The highest BCUT2D eigenvalue weighted by atomic mass is 16.5. The molecule has 6 nitrogen and oxygen atoms in total. The van der Waals surface area contributed by atoms with E-state index < -0.39 is 6.10 Å². The van der Waals surface area contributed by atoms with E-state index in [4.69, 9.17) is 4.74 Å². The number of nitrogens with one attached hydrogen (secondary N) is 1. The molecule has 4 rings (SSSR count). The average Bonchev–Trinajstić information content (AvgIpc) is 2.85. The molecule has 2 aliphatic rings.